The van der Waals surface area contributed by atoms with Crippen LogP contribution < -0.4 is 10.7 Å². The summed E-state index contributed by atoms with van der Waals surface area (Å²) in [5.41, 5.74) is 2.84. The van der Waals surface area contributed by atoms with Gasteiger partial charge in [0.1, 0.15) is 23.6 Å². The molecule has 3 N–H and O–H groups in total. The van der Waals surface area contributed by atoms with Gasteiger partial charge in [-0.25, -0.2) is 10.2 Å². The van der Waals surface area contributed by atoms with Gasteiger partial charge in [-0.05, 0) is 25.5 Å². The molecule has 0 fully saturated rings. The Kier molecular flexibility index (Phi) is 7.02. The lowest BCUT2D eigenvalue weighted by Gasteiger charge is -2.08. The Bertz CT molecular complexity index is 727. The van der Waals surface area contributed by atoms with Crippen molar-refractivity contribution >= 4 is 17.6 Å². The van der Waals surface area contributed by atoms with Crippen molar-refractivity contribution in [2.75, 3.05) is 19.8 Å². The summed E-state index contributed by atoms with van der Waals surface area (Å²) in [7, 11) is 0. The van der Waals surface area contributed by atoms with Crippen LogP contribution in [0.25, 0.3) is 0 Å². The van der Waals surface area contributed by atoms with Crippen molar-refractivity contribution in [3.63, 3.8) is 0 Å². The molecule has 0 bridgehead atoms. The maximum absolute atomic E-state index is 12.2. The maximum Gasteiger partial charge on any atom is 0.345 e. The lowest BCUT2D eigenvalue weighted by atomic mass is 10.2. The lowest BCUT2D eigenvalue weighted by Crippen LogP contribution is -2.24. The van der Waals surface area contributed by atoms with E-state index in [0.29, 0.717) is 12.4 Å². The molecule has 0 aliphatic carbocycles. The fraction of sp³-hybridized carbons (Fsp3) is 0.389. The summed E-state index contributed by atoms with van der Waals surface area (Å²) in [6.07, 6.45) is 1.91. The first-order valence-electron chi connectivity index (χ1n) is 8.51. The first kappa shape index (κ1) is 19.3. The molecule has 140 valence electrons. The van der Waals surface area contributed by atoms with Gasteiger partial charge in [-0.2, -0.15) is 5.10 Å². The van der Waals surface area contributed by atoms with E-state index in [9.17, 15) is 14.7 Å². The molecular formula is C18H23N3O5. The van der Waals surface area contributed by atoms with Gasteiger partial charge in [-0.15, -0.1) is 0 Å². The third-order valence-electron chi connectivity index (χ3n) is 3.61. The van der Waals surface area contributed by atoms with E-state index in [1.807, 2.05) is 0 Å². The number of carbonyl (C=O) groups excluding carboxylic acids is 2. The molecule has 1 aromatic carbocycles. The highest BCUT2D eigenvalue weighted by atomic mass is 16.5. The molecule has 0 saturated carbocycles. The smallest absolute Gasteiger partial charge is 0.345 e. The molecule has 1 aliphatic rings. The van der Waals surface area contributed by atoms with Gasteiger partial charge in [0, 0.05) is 6.54 Å². The molecule has 0 aromatic heterocycles. The van der Waals surface area contributed by atoms with Crippen molar-refractivity contribution in [2.45, 2.75) is 26.7 Å². The number of nitrogens with zero attached hydrogens (tertiary/aromatic N) is 1. The highest BCUT2D eigenvalue weighted by Crippen LogP contribution is 2.18. The maximum atomic E-state index is 12.2. The molecule has 8 nitrogen and oxygen atoms in total. The number of rotatable bonds is 8. The van der Waals surface area contributed by atoms with Gasteiger partial charge in [0.15, 0.2) is 0 Å². The average Bonchev–Trinajstić information content (AvgIpc) is 3.03. The van der Waals surface area contributed by atoms with Gasteiger partial charge in [0.25, 0.3) is 5.91 Å². The predicted octanol–water partition coefficient (Wildman–Crippen LogP) is 1.67. The fourth-order valence-corrected chi connectivity index (χ4v) is 2.28. The Morgan fingerprint density at radius 1 is 1.31 bits per heavy atom. The number of benzene rings is 1. The van der Waals surface area contributed by atoms with Gasteiger partial charge in [-0.3, -0.25) is 4.79 Å². The van der Waals surface area contributed by atoms with Gasteiger partial charge in [-0.1, -0.05) is 25.5 Å². The number of unbranched alkanes of at least 4 members (excludes halogenated alkanes) is 1. The molecule has 26 heavy (non-hydrogen) atoms. The normalized spacial score (nSPS) is 14.9. The van der Waals surface area contributed by atoms with Crippen molar-refractivity contribution < 1.29 is 24.2 Å². The average molecular weight is 361 g/mol. The van der Waals surface area contributed by atoms with E-state index in [0.717, 1.165) is 12.8 Å². The minimum atomic E-state index is -0.591. The van der Waals surface area contributed by atoms with Crippen LogP contribution in [0.5, 0.6) is 5.75 Å². The number of hydrogen-bond acceptors (Lipinski definition) is 7. The second-order valence-corrected chi connectivity index (χ2v) is 5.51. The van der Waals surface area contributed by atoms with E-state index in [1.165, 1.54) is 12.1 Å². The number of amides is 1. The molecule has 2 rings (SSSR count). The van der Waals surface area contributed by atoms with Crippen LogP contribution >= 0.6 is 0 Å². The third kappa shape index (κ3) is 4.75. The van der Waals surface area contributed by atoms with E-state index in [2.05, 4.69) is 22.8 Å². The zero-order chi connectivity index (χ0) is 18.9. The number of phenols is 1. The first-order valence-corrected chi connectivity index (χ1v) is 8.51. The van der Waals surface area contributed by atoms with Crippen LogP contribution in [-0.2, 0) is 14.3 Å². The van der Waals surface area contributed by atoms with Crippen LogP contribution in [0.4, 0.5) is 0 Å². The zero-order valence-corrected chi connectivity index (χ0v) is 14.9. The quantitative estimate of drug-likeness (QED) is 0.369. The molecule has 1 heterocycles. The molecule has 1 amide bonds. The Balaban J connectivity index is 2.17. The summed E-state index contributed by atoms with van der Waals surface area (Å²) >= 11 is 0. The second kappa shape index (κ2) is 9.45. The molecule has 0 radical (unpaired) electrons. The number of para-hydroxylation sites is 1. The van der Waals surface area contributed by atoms with Crippen LogP contribution in [0, 0.1) is 0 Å². The number of nitrogens with one attached hydrogen (secondary N) is 2. The Morgan fingerprint density at radius 3 is 2.77 bits per heavy atom. The van der Waals surface area contributed by atoms with E-state index >= 15 is 0 Å². The molecule has 0 saturated heterocycles. The van der Waals surface area contributed by atoms with Crippen molar-refractivity contribution in [1.82, 2.24) is 10.7 Å². The van der Waals surface area contributed by atoms with Gasteiger partial charge < -0.3 is 19.9 Å². The van der Waals surface area contributed by atoms with Crippen molar-refractivity contribution in [3.05, 3.63) is 41.3 Å². The van der Waals surface area contributed by atoms with Gasteiger partial charge in [0.05, 0.1) is 12.2 Å². The minimum absolute atomic E-state index is 0.0314. The van der Waals surface area contributed by atoms with E-state index in [4.69, 9.17) is 9.47 Å². The minimum Gasteiger partial charge on any atom is -0.507 e. The van der Waals surface area contributed by atoms with Crippen LogP contribution in [0.15, 0.2) is 40.8 Å². The van der Waals surface area contributed by atoms with Crippen molar-refractivity contribution in [2.24, 2.45) is 5.10 Å². The number of phenolic OH excluding ortho intramolecular Hbond substituents is 1. The summed E-state index contributed by atoms with van der Waals surface area (Å²) in [5, 5.41) is 16.8. The Morgan fingerprint density at radius 2 is 2.08 bits per heavy atom. The second-order valence-electron chi connectivity index (χ2n) is 5.51. The summed E-state index contributed by atoms with van der Waals surface area (Å²) in [6, 6.07) is 6.11. The molecule has 0 atom stereocenters. The number of hydrogen-bond donors (Lipinski definition) is 3. The highest BCUT2D eigenvalue weighted by Gasteiger charge is 2.30. The number of hydrazone groups is 1. The number of carbonyl (C=O) groups is 2. The van der Waals surface area contributed by atoms with Crippen LogP contribution in [0.2, 0.25) is 0 Å². The largest absolute Gasteiger partial charge is 0.507 e. The number of aromatic hydroxyl groups is 1. The monoisotopic (exact) mass is 361 g/mol. The third-order valence-corrected chi connectivity index (χ3v) is 3.61. The number of esters is 1. The Hall–Kier alpha value is -3.03. The molecule has 0 unspecified atom stereocenters. The van der Waals surface area contributed by atoms with E-state index < -0.39 is 11.9 Å². The summed E-state index contributed by atoms with van der Waals surface area (Å²) < 4.78 is 10.5. The number of ether oxygens (including phenoxy) is 2. The Labute approximate surface area is 151 Å². The SMILES string of the molecule is CCCCNC1=C(C(=O)OCC)C(=NNC(=O)c2ccccc2O)CO1. The summed E-state index contributed by atoms with van der Waals surface area (Å²) in [6.45, 7) is 4.65. The summed E-state index contributed by atoms with van der Waals surface area (Å²) in [4.78, 5) is 24.4. The molecule has 1 aromatic rings. The van der Waals surface area contributed by atoms with Crippen molar-refractivity contribution in [3.8, 4) is 5.75 Å². The van der Waals surface area contributed by atoms with E-state index in [1.54, 1.807) is 19.1 Å². The standard InChI is InChI=1S/C18H23N3O5/c1-3-5-10-19-17-15(18(24)25-4-2)13(11-26-17)20-21-16(23)12-8-6-7-9-14(12)22/h6-9,19,22H,3-5,10-11H2,1-2H3,(H,21,23). The molecule has 0 spiro atoms. The van der Waals surface area contributed by atoms with Crippen molar-refractivity contribution in [1.29, 1.82) is 0 Å². The zero-order valence-electron chi connectivity index (χ0n) is 14.9. The van der Waals surface area contributed by atoms with Gasteiger partial charge >= 0.3 is 5.97 Å². The predicted molar refractivity (Wildman–Crippen MR) is 95.5 cm³/mol. The van der Waals surface area contributed by atoms with Crippen LogP contribution in [0.1, 0.15) is 37.0 Å². The topological polar surface area (TPSA) is 109 Å². The molecular weight excluding hydrogens is 338 g/mol. The molecule has 1 aliphatic heterocycles. The fourth-order valence-electron chi connectivity index (χ4n) is 2.28. The molecule has 8 heteroatoms. The lowest BCUT2D eigenvalue weighted by molar-refractivity contribution is -0.138. The van der Waals surface area contributed by atoms with Crippen LogP contribution in [0.3, 0.4) is 0 Å². The van der Waals surface area contributed by atoms with Gasteiger partial charge in [0.2, 0.25) is 5.88 Å². The first-order chi connectivity index (χ1) is 12.6. The summed E-state index contributed by atoms with van der Waals surface area (Å²) in [5.74, 6) is -1.02. The van der Waals surface area contributed by atoms with Crippen LogP contribution in [-0.4, -0.2) is 42.5 Å². The highest BCUT2D eigenvalue weighted by molar-refractivity contribution is 6.22. The van der Waals surface area contributed by atoms with E-state index in [-0.39, 0.29) is 35.8 Å².